The van der Waals surface area contributed by atoms with Crippen LogP contribution in [0.2, 0.25) is 0 Å². The van der Waals surface area contributed by atoms with E-state index in [2.05, 4.69) is 13.0 Å². The largest absolute Gasteiger partial charge is 0.289 e. The Morgan fingerprint density at radius 1 is 0.857 bits per heavy atom. The fourth-order valence-electron chi connectivity index (χ4n) is 2.55. The van der Waals surface area contributed by atoms with Crippen molar-refractivity contribution in [1.29, 1.82) is 0 Å². The number of fused-ring (bicyclic) bond motifs is 1. The average Bonchev–Trinajstić information content (AvgIpc) is 2.55. The van der Waals surface area contributed by atoms with Gasteiger partial charge in [-0.15, -0.1) is 11.8 Å². The molecule has 104 valence electrons. The van der Waals surface area contributed by atoms with Crippen LogP contribution < -0.4 is 0 Å². The van der Waals surface area contributed by atoms with E-state index in [1.807, 2.05) is 60.9 Å². The van der Waals surface area contributed by atoms with Gasteiger partial charge in [0, 0.05) is 16.0 Å². The minimum atomic E-state index is 0.0823. The first kappa shape index (κ1) is 13.9. The molecule has 0 spiro atoms. The zero-order chi connectivity index (χ0) is 14.8. The molecule has 0 fully saturated rings. The number of carbonyl (C=O) groups is 1. The number of thioether (sulfide) groups is 1. The van der Waals surface area contributed by atoms with E-state index in [9.17, 15) is 4.79 Å². The van der Waals surface area contributed by atoms with Gasteiger partial charge in [0.05, 0.1) is 0 Å². The number of rotatable bonds is 3. The molecule has 0 saturated heterocycles. The molecular formula is C19H16OS. The third-order valence-electron chi connectivity index (χ3n) is 3.74. The highest BCUT2D eigenvalue weighted by molar-refractivity contribution is 7.98. The van der Waals surface area contributed by atoms with Crippen LogP contribution in [-0.4, -0.2) is 12.0 Å². The van der Waals surface area contributed by atoms with Crippen molar-refractivity contribution in [3.63, 3.8) is 0 Å². The fraction of sp³-hybridized carbons (Fsp3) is 0.105. The van der Waals surface area contributed by atoms with E-state index in [1.165, 1.54) is 10.5 Å². The average molecular weight is 292 g/mol. The standard InChI is InChI=1S/C19H16OS/c1-13-7-12-18(17-6-4-3-5-16(13)17)19(20)14-8-10-15(21-2)11-9-14/h3-12H,1-2H3. The van der Waals surface area contributed by atoms with Gasteiger partial charge in [-0.05, 0) is 53.8 Å². The predicted molar refractivity (Wildman–Crippen MR) is 90.3 cm³/mol. The Morgan fingerprint density at radius 2 is 1.52 bits per heavy atom. The summed E-state index contributed by atoms with van der Waals surface area (Å²) in [5.74, 6) is 0.0823. The monoisotopic (exact) mass is 292 g/mol. The van der Waals surface area contributed by atoms with Gasteiger partial charge in [0.2, 0.25) is 0 Å². The summed E-state index contributed by atoms with van der Waals surface area (Å²) in [7, 11) is 0. The van der Waals surface area contributed by atoms with Crippen LogP contribution in [0.5, 0.6) is 0 Å². The maximum absolute atomic E-state index is 12.8. The van der Waals surface area contributed by atoms with Crippen molar-refractivity contribution in [2.45, 2.75) is 11.8 Å². The van der Waals surface area contributed by atoms with Gasteiger partial charge >= 0.3 is 0 Å². The summed E-state index contributed by atoms with van der Waals surface area (Å²) < 4.78 is 0. The zero-order valence-corrected chi connectivity index (χ0v) is 12.9. The van der Waals surface area contributed by atoms with Gasteiger partial charge in [-0.25, -0.2) is 0 Å². The van der Waals surface area contributed by atoms with Gasteiger partial charge in [-0.2, -0.15) is 0 Å². The molecule has 3 rings (SSSR count). The molecule has 0 aromatic heterocycles. The summed E-state index contributed by atoms with van der Waals surface area (Å²) in [6, 6.07) is 19.8. The van der Waals surface area contributed by atoms with Gasteiger partial charge < -0.3 is 0 Å². The Morgan fingerprint density at radius 3 is 2.19 bits per heavy atom. The van der Waals surface area contributed by atoms with Crippen molar-refractivity contribution in [3.05, 3.63) is 77.4 Å². The Labute approximate surface area is 129 Å². The smallest absolute Gasteiger partial charge is 0.193 e. The summed E-state index contributed by atoms with van der Waals surface area (Å²) in [5.41, 5.74) is 2.70. The van der Waals surface area contributed by atoms with Gasteiger partial charge in [0.15, 0.2) is 5.78 Å². The molecule has 0 aliphatic heterocycles. The molecule has 0 bridgehead atoms. The van der Waals surface area contributed by atoms with E-state index in [0.717, 1.165) is 21.9 Å². The number of carbonyl (C=O) groups excluding carboxylic acids is 1. The van der Waals surface area contributed by atoms with Crippen LogP contribution in [0, 0.1) is 6.92 Å². The molecule has 0 aliphatic rings. The van der Waals surface area contributed by atoms with Crippen molar-refractivity contribution >= 4 is 28.3 Å². The van der Waals surface area contributed by atoms with Crippen LogP contribution in [0.4, 0.5) is 0 Å². The molecule has 0 aliphatic carbocycles. The third kappa shape index (κ3) is 2.59. The SMILES string of the molecule is CSc1ccc(C(=O)c2ccc(C)c3ccccc23)cc1. The molecule has 0 unspecified atom stereocenters. The molecule has 0 N–H and O–H groups in total. The highest BCUT2D eigenvalue weighted by Crippen LogP contribution is 2.25. The van der Waals surface area contributed by atoms with Crippen LogP contribution in [0.3, 0.4) is 0 Å². The highest BCUT2D eigenvalue weighted by Gasteiger charge is 2.13. The summed E-state index contributed by atoms with van der Waals surface area (Å²) in [6.07, 6.45) is 2.03. The molecular weight excluding hydrogens is 276 g/mol. The lowest BCUT2D eigenvalue weighted by molar-refractivity contribution is 0.104. The topological polar surface area (TPSA) is 17.1 Å². The second kappa shape index (κ2) is 5.74. The molecule has 21 heavy (non-hydrogen) atoms. The van der Waals surface area contributed by atoms with Crippen molar-refractivity contribution in [1.82, 2.24) is 0 Å². The first-order valence-corrected chi connectivity index (χ1v) is 8.10. The van der Waals surface area contributed by atoms with Gasteiger partial charge in [0.25, 0.3) is 0 Å². The Balaban J connectivity index is 2.11. The minimum absolute atomic E-state index is 0.0823. The first-order chi connectivity index (χ1) is 10.2. The Bertz CT molecular complexity index is 803. The molecule has 0 heterocycles. The van der Waals surface area contributed by atoms with Crippen LogP contribution in [0.25, 0.3) is 10.8 Å². The molecule has 0 radical (unpaired) electrons. The molecule has 3 aromatic rings. The van der Waals surface area contributed by atoms with Crippen LogP contribution in [-0.2, 0) is 0 Å². The van der Waals surface area contributed by atoms with Gasteiger partial charge in [-0.3, -0.25) is 4.79 Å². The number of ketones is 1. The molecule has 1 nitrogen and oxygen atoms in total. The van der Waals surface area contributed by atoms with E-state index in [0.29, 0.717) is 0 Å². The van der Waals surface area contributed by atoms with Gasteiger partial charge in [-0.1, -0.05) is 36.4 Å². The lowest BCUT2D eigenvalue weighted by Crippen LogP contribution is -2.02. The first-order valence-electron chi connectivity index (χ1n) is 6.88. The highest BCUT2D eigenvalue weighted by atomic mass is 32.2. The van der Waals surface area contributed by atoms with Crippen LogP contribution in [0.15, 0.2) is 65.6 Å². The number of aryl methyl sites for hydroxylation is 1. The molecule has 2 heteroatoms. The van der Waals surface area contributed by atoms with E-state index < -0.39 is 0 Å². The molecule has 0 atom stereocenters. The lowest BCUT2D eigenvalue weighted by Gasteiger charge is -2.08. The number of benzene rings is 3. The summed E-state index contributed by atoms with van der Waals surface area (Å²) in [5, 5.41) is 2.17. The lowest BCUT2D eigenvalue weighted by atomic mass is 9.95. The van der Waals surface area contributed by atoms with E-state index in [-0.39, 0.29) is 5.78 Å². The van der Waals surface area contributed by atoms with Crippen molar-refractivity contribution < 1.29 is 4.79 Å². The normalized spacial score (nSPS) is 10.8. The zero-order valence-electron chi connectivity index (χ0n) is 12.1. The maximum Gasteiger partial charge on any atom is 0.193 e. The quantitative estimate of drug-likeness (QED) is 0.493. The minimum Gasteiger partial charge on any atom is -0.289 e. The second-order valence-corrected chi connectivity index (χ2v) is 5.91. The predicted octanol–water partition coefficient (Wildman–Crippen LogP) is 5.10. The van der Waals surface area contributed by atoms with Crippen molar-refractivity contribution in [2.75, 3.05) is 6.26 Å². The third-order valence-corrected chi connectivity index (χ3v) is 4.48. The Kier molecular flexibility index (Phi) is 3.80. The van der Waals surface area contributed by atoms with Crippen LogP contribution >= 0.6 is 11.8 Å². The van der Waals surface area contributed by atoms with E-state index in [1.54, 1.807) is 11.8 Å². The molecule has 3 aromatic carbocycles. The maximum atomic E-state index is 12.8. The van der Waals surface area contributed by atoms with E-state index in [4.69, 9.17) is 0 Å². The molecule has 0 saturated carbocycles. The Hall–Kier alpha value is -2.06. The van der Waals surface area contributed by atoms with Gasteiger partial charge in [0.1, 0.15) is 0 Å². The molecule has 0 amide bonds. The van der Waals surface area contributed by atoms with Crippen LogP contribution in [0.1, 0.15) is 21.5 Å². The fourth-order valence-corrected chi connectivity index (χ4v) is 2.95. The van der Waals surface area contributed by atoms with Crippen molar-refractivity contribution in [3.8, 4) is 0 Å². The summed E-state index contributed by atoms with van der Waals surface area (Å²) in [6.45, 7) is 2.07. The number of hydrogen-bond donors (Lipinski definition) is 0. The summed E-state index contributed by atoms with van der Waals surface area (Å²) in [4.78, 5) is 13.9. The van der Waals surface area contributed by atoms with Crippen molar-refractivity contribution in [2.24, 2.45) is 0 Å². The summed E-state index contributed by atoms with van der Waals surface area (Å²) >= 11 is 1.68. The second-order valence-electron chi connectivity index (χ2n) is 5.03. The number of hydrogen-bond acceptors (Lipinski definition) is 2. The van der Waals surface area contributed by atoms with E-state index >= 15 is 0 Å².